The van der Waals surface area contributed by atoms with E-state index < -0.39 is 20.9 Å². The molecule has 1 aromatic rings. The number of sulfonamides is 1. The second kappa shape index (κ2) is 7.89. The van der Waals surface area contributed by atoms with Crippen molar-refractivity contribution in [3.05, 3.63) is 39.9 Å². The Labute approximate surface area is 145 Å². The van der Waals surface area contributed by atoms with Crippen LogP contribution in [-0.4, -0.2) is 54.5 Å². The maximum Gasteiger partial charge on any atom is 0.317 e. The third-order valence-electron chi connectivity index (χ3n) is 4.22. The fourth-order valence-corrected chi connectivity index (χ4v) is 4.30. The zero-order chi connectivity index (χ0) is 18.6. The SMILES string of the molecule is CCN(CC(=O)O)C1CC(NS(=O)(=O)Cc2ccc([N+](=O)[O-])cc2)C1. The Bertz CT molecular complexity index is 728. The van der Waals surface area contributed by atoms with Gasteiger partial charge in [-0.2, -0.15) is 0 Å². The fourth-order valence-electron chi connectivity index (χ4n) is 2.88. The normalized spacial score (nSPS) is 20.2. The lowest BCUT2D eigenvalue weighted by atomic mass is 9.86. The number of carbonyl (C=O) groups is 1. The highest BCUT2D eigenvalue weighted by molar-refractivity contribution is 7.88. The summed E-state index contributed by atoms with van der Waals surface area (Å²) in [6.07, 6.45) is 1.14. The Morgan fingerprint density at radius 2 is 1.96 bits per heavy atom. The maximum absolute atomic E-state index is 12.2. The second-order valence-corrected chi connectivity index (χ2v) is 7.83. The van der Waals surface area contributed by atoms with Crippen molar-refractivity contribution in [2.45, 2.75) is 37.6 Å². The lowest BCUT2D eigenvalue weighted by Crippen LogP contribution is -2.54. The Morgan fingerprint density at radius 3 is 2.44 bits per heavy atom. The van der Waals surface area contributed by atoms with Crippen molar-refractivity contribution in [3.63, 3.8) is 0 Å². The van der Waals surface area contributed by atoms with Crippen LogP contribution in [-0.2, 0) is 20.6 Å². The molecule has 0 aliphatic heterocycles. The van der Waals surface area contributed by atoms with E-state index in [9.17, 15) is 23.3 Å². The first-order chi connectivity index (χ1) is 11.7. The molecular formula is C15H21N3O6S. The molecule has 138 valence electrons. The van der Waals surface area contributed by atoms with Gasteiger partial charge in [0, 0.05) is 24.2 Å². The van der Waals surface area contributed by atoms with Gasteiger partial charge in [0.1, 0.15) is 0 Å². The van der Waals surface area contributed by atoms with Crippen LogP contribution in [0.2, 0.25) is 0 Å². The van der Waals surface area contributed by atoms with E-state index in [4.69, 9.17) is 5.11 Å². The van der Waals surface area contributed by atoms with Crippen LogP contribution in [0.4, 0.5) is 5.69 Å². The topological polar surface area (TPSA) is 130 Å². The molecule has 0 heterocycles. The van der Waals surface area contributed by atoms with E-state index in [2.05, 4.69) is 4.72 Å². The van der Waals surface area contributed by atoms with E-state index in [1.807, 2.05) is 11.8 Å². The number of aliphatic carboxylic acids is 1. The molecule has 0 saturated heterocycles. The van der Waals surface area contributed by atoms with Gasteiger partial charge in [0.15, 0.2) is 0 Å². The van der Waals surface area contributed by atoms with Crippen LogP contribution in [0.25, 0.3) is 0 Å². The minimum Gasteiger partial charge on any atom is -0.480 e. The number of nitro groups is 1. The van der Waals surface area contributed by atoms with Gasteiger partial charge in [0.05, 0.1) is 17.2 Å². The Balaban J connectivity index is 1.86. The van der Waals surface area contributed by atoms with Crippen molar-refractivity contribution in [2.24, 2.45) is 0 Å². The molecule has 1 saturated carbocycles. The number of hydrogen-bond acceptors (Lipinski definition) is 6. The van der Waals surface area contributed by atoms with Gasteiger partial charge in [-0.15, -0.1) is 0 Å². The molecule has 1 aliphatic carbocycles. The molecule has 0 atom stereocenters. The van der Waals surface area contributed by atoms with Gasteiger partial charge in [-0.3, -0.25) is 19.8 Å². The van der Waals surface area contributed by atoms with E-state index in [1.165, 1.54) is 24.3 Å². The zero-order valence-electron chi connectivity index (χ0n) is 13.8. The largest absolute Gasteiger partial charge is 0.480 e. The summed E-state index contributed by atoms with van der Waals surface area (Å²) in [4.78, 5) is 22.7. The van der Waals surface area contributed by atoms with Crippen LogP contribution in [0.5, 0.6) is 0 Å². The number of carboxylic acids is 1. The molecule has 0 unspecified atom stereocenters. The first-order valence-electron chi connectivity index (χ1n) is 7.89. The number of rotatable bonds is 9. The number of non-ortho nitro benzene ring substituents is 1. The predicted molar refractivity (Wildman–Crippen MR) is 90.5 cm³/mol. The average Bonchev–Trinajstić information content (AvgIpc) is 2.48. The van der Waals surface area contributed by atoms with E-state index >= 15 is 0 Å². The molecule has 25 heavy (non-hydrogen) atoms. The van der Waals surface area contributed by atoms with Gasteiger partial charge in [-0.05, 0) is 24.9 Å². The van der Waals surface area contributed by atoms with Crippen LogP contribution in [0.15, 0.2) is 24.3 Å². The molecule has 0 aromatic heterocycles. The van der Waals surface area contributed by atoms with Crippen molar-refractivity contribution in [1.82, 2.24) is 9.62 Å². The molecule has 10 heteroatoms. The van der Waals surface area contributed by atoms with Crippen LogP contribution in [0.1, 0.15) is 25.3 Å². The second-order valence-electron chi connectivity index (χ2n) is 6.08. The molecule has 0 radical (unpaired) electrons. The number of hydrogen-bond donors (Lipinski definition) is 2. The highest BCUT2D eigenvalue weighted by Crippen LogP contribution is 2.26. The lowest BCUT2D eigenvalue weighted by molar-refractivity contribution is -0.384. The van der Waals surface area contributed by atoms with Gasteiger partial charge in [-0.1, -0.05) is 19.1 Å². The fraction of sp³-hybridized carbons (Fsp3) is 0.533. The highest BCUT2D eigenvalue weighted by atomic mass is 32.2. The van der Waals surface area contributed by atoms with Gasteiger partial charge in [-0.25, -0.2) is 13.1 Å². The van der Waals surface area contributed by atoms with E-state index in [0.29, 0.717) is 24.9 Å². The van der Waals surface area contributed by atoms with Gasteiger partial charge in [0.25, 0.3) is 5.69 Å². The number of likely N-dealkylation sites (N-methyl/N-ethyl adjacent to an activating group) is 1. The van der Waals surface area contributed by atoms with Crippen LogP contribution >= 0.6 is 0 Å². The number of carboxylic acid groups (broad SMARTS) is 1. The smallest absolute Gasteiger partial charge is 0.317 e. The number of nitrogens with one attached hydrogen (secondary N) is 1. The lowest BCUT2D eigenvalue weighted by Gasteiger charge is -2.42. The quantitative estimate of drug-likeness (QED) is 0.488. The monoisotopic (exact) mass is 371 g/mol. The molecular weight excluding hydrogens is 350 g/mol. The highest BCUT2D eigenvalue weighted by Gasteiger charge is 2.35. The standard InChI is InChI=1S/C15H21N3O6S/c1-2-17(9-15(19)20)14-7-12(8-14)16-25(23,24)10-11-3-5-13(6-4-11)18(21)22/h3-6,12,14,16H,2,7-10H2,1H3,(H,19,20). The third-order valence-corrected chi connectivity index (χ3v) is 5.63. The molecule has 0 spiro atoms. The van der Waals surface area contributed by atoms with Crippen molar-refractivity contribution < 1.29 is 23.2 Å². The molecule has 0 amide bonds. The van der Waals surface area contributed by atoms with E-state index in [1.54, 1.807) is 0 Å². The van der Waals surface area contributed by atoms with Crippen LogP contribution in [0, 0.1) is 10.1 Å². The van der Waals surface area contributed by atoms with Crippen LogP contribution in [0.3, 0.4) is 0 Å². The molecule has 9 nitrogen and oxygen atoms in total. The Morgan fingerprint density at radius 1 is 1.36 bits per heavy atom. The minimum atomic E-state index is -3.56. The van der Waals surface area contributed by atoms with Crippen LogP contribution < -0.4 is 4.72 Å². The van der Waals surface area contributed by atoms with Gasteiger partial charge < -0.3 is 5.11 Å². The summed E-state index contributed by atoms with van der Waals surface area (Å²) < 4.78 is 27.0. The first-order valence-corrected chi connectivity index (χ1v) is 9.54. The summed E-state index contributed by atoms with van der Waals surface area (Å²) in [5, 5.41) is 19.5. The third kappa shape index (κ3) is 5.48. The molecule has 1 aliphatic rings. The Kier molecular flexibility index (Phi) is 6.09. The summed E-state index contributed by atoms with van der Waals surface area (Å²) in [6.45, 7) is 2.41. The average molecular weight is 371 g/mol. The molecule has 2 N–H and O–H groups in total. The predicted octanol–water partition coefficient (Wildman–Crippen LogP) is 0.952. The first kappa shape index (κ1) is 19.3. The summed E-state index contributed by atoms with van der Waals surface area (Å²) in [7, 11) is -3.56. The molecule has 1 fully saturated rings. The van der Waals surface area contributed by atoms with E-state index in [0.717, 1.165) is 0 Å². The number of benzene rings is 1. The van der Waals surface area contributed by atoms with Crippen molar-refractivity contribution in [2.75, 3.05) is 13.1 Å². The van der Waals surface area contributed by atoms with Crippen molar-refractivity contribution in [1.29, 1.82) is 0 Å². The summed E-state index contributed by atoms with van der Waals surface area (Å²) in [5.74, 6) is -1.15. The Hall–Kier alpha value is -2.04. The van der Waals surface area contributed by atoms with Gasteiger partial charge >= 0.3 is 5.97 Å². The molecule has 1 aromatic carbocycles. The molecule has 2 rings (SSSR count). The van der Waals surface area contributed by atoms with Crippen molar-refractivity contribution in [3.8, 4) is 0 Å². The summed E-state index contributed by atoms with van der Waals surface area (Å²) in [6, 6.07) is 5.24. The van der Waals surface area contributed by atoms with Crippen molar-refractivity contribution >= 4 is 21.7 Å². The van der Waals surface area contributed by atoms with E-state index in [-0.39, 0.29) is 30.1 Å². The number of nitrogens with zero attached hydrogens (tertiary/aromatic N) is 2. The summed E-state index contributed by atoms with van der Waals surface area (Å²) >= 11 is 0. The molecule has 0 bridgehead atoms. The maximum atomic E-state index is 12.2. The summed E-state index contributed by atoms with van der Waals surface area (Å²) in [5.41, 5.74) is 0.379. The minimum absolute atomic E-state index is 0.0522. The zero-order valence-corrected chi connectivity index (χ0v) is 14.6. The van der Waals surface area contributed by atoms with Gasteiger partial charge in [0.2, 0.25) is 10.0 Å². The number of nitro benzene ring substituents is 1.